The zero-order valence-corrected chi connectivity index (χ0v) is 10.8. The molecule has 2 nitrogen and oxygen atoms in total. The molecule has 0 bridgehead atoms. The van der Waals surface area contributed by atoms with Crippen LogP contribution in [0.4, 0.5) is 0 Å². The molecule has 94 valence electrons. The van der Waals surface area contributed by atoms with E-state index in [1.165, 1.54) is 57.9 Å². The van der Waals surface area contributed by atoms with Crippen LogP contribution >= 0.6 is 0 Å². The molecule has 3 N–H and O–H groups in total. The largest absolute Gasteiger partial charge is 0.329 e. The van der Waals surface area contributed by atoms with Crippen LogP contribution in [-0.4, -0.2) is 18.6 Å². The Labute approximate surface area is 100 Å². The second kappa shape index (κ2) is 5.50. The molecule has 1 unspecified atom stereocenters. The average molecular weight is 224 g/mol. The summed E-state index contributed by atoms with van der Waals surface area (Å²) in [7, 11) is 0. The van der Waals surface area contributed by atoms with Crippen molar-refractivity contribution in [1.29, 1.82) is 0 Å². The highest BCUT2D eigenvalue weighted by molar-refractivity contribution is 4.89. The monoisotopic (exact) mass is 224 g/mol. The van der Waals surface area contributed by atoms with Gasteiger partial charge in [0, 0.05) is 12.1 Å². The molecule has 0 aliphatic heterocycles. The Morgan fingerprint density at radius 2 is 1.75 bits per heavy atom. The fourth-order valence-corrected chi connectivity index (χ4v) is 2.92. The lowest BCUT2D eigenvalue weighted by atomic mass is 9.76. The van der Waals surface area contributed by atoms with Gasteiger partial charge in [-0.15, -0.1) is 0 Å². The quantitative estimate of drug-likeness (QED) is 0.698. The Kier molecular flexibility index (Phi) is 4.26. The first kappa shape index (κ1) is 12.4. The van der Waals surface area contributed by atoms with Crippen molar-refractivity contribution in [2.45, 2.75) is 63.8 Å². The fourth-order valence-electron chi connectivity index (χ4n) is 2.92. The van der Waals surface area contributed by atoms with Gasteiger partial charge in [0.25, 0.3) is 0 Å². The number of rotatable bonds is 7. The minimum Gasteiger partial charge on any atom is -0.329 e. The van der Waals surface area contributed by atoms with Crippen LogP contribution in [0.5, 0.6) is 0 Å². The van der Waals surface area contributed by atoms with Crippen LogP contribution in [0, 0.1) is 11.8 Å². The van der Waals surface area contributed by atoms with Crippen LogP contribution in [0.3, 0.4) is 0 Å². The van der Waals surface area contributed by atoms with Gasteiger partial charge in [-0.05, 0) is 38.1 Å². The number of nitrogens with two attached hydrogens (primary N) is 1. The predicted octanol–water partition coefficient (Wildman–Crippen LogP) is 2.67. The topological polar surface area (TPSA) is 38.0 Å². The van der Waals surface area contributed by atoms with E-state index in [1.54, 1.807) is 0 Å². The van der Waals surface area contributed by atoms with Crippen molar-refractivity contribution in [2.24, 2.45) is 17.6 Å². The first-order valence-corrected chi connectivity index (χ1v) is 7.17. The maximum Gasteiger partial charge on any atom is 0.0278 e. The summed E-state index contributed by atoms with van der Waals surface area (Å²) in [5.74, 6) is 1.96. The number of nitrogens with one attached hydrogen (secondary N) is 1. The van der Waals surface area contributed by atoms with E-state index in [9.17, 15) is 0 Å². The SMILES string of the molecule is CC(CN)(CC1CCC1)NCCC1CCC1. The molecule has 2 heteroatoms. The van der Waals surface area contributed by atoms with Crippen LogP contribution in [0.2, 0.25) is 0 Å². The summed E-state index contributed by atoms with van der Waals surface area (Å²) in [5.41, 5.74) is 6.14. The summed E-state index contributed by atoms with van der Waals surface area (Å²) in [6.45, 7) is 4.27. The van der Waals surface area contributed by atoms with Crippen molar-refractivity contribution >= 4 is 0 Å². The number of hydrogen-bond donors (Lipinski definition) is 2. The molecule has 0 aromatic heterocycles. The molecule has 2 saturated carbocycles. The summed E-state index contributed by atoms with van der Waals surface area (Å²) >= 11 is 0. The van der Waals surface area contributed by atoms with Gasteiger partial charge in [0.1, 0.15) is 0 Å². The Balaban J connectivity index is 1.65. The predicted molar refractivity (Wildman–Crippen MR) is 69.4 cm³/mol. The van der Waals surface area contributed by atoms with Crippen molar-refractivity contribution in [2.75, 3.05) is 13.1 Å². The lowest BCUT2D eigenvalue weighted by molar-refractivity contribution is 0.199. The molecule has 0 aromatic carbocycles. The van der Waals surface area contributed by atoms with E-state index in [0.717, 1.165) is 18.4 Å². The molecule has 2 aliphatic rings. The molecule has 16 heavy (non-hydrogen) atoms. The summed E-state index contributed by atoms with van der Waals surface area (Å²) in [6, 6.07) is 0. The second-order valence-electron chi connectivity index (χ2n) is 6.28. The molecule has 0 heterocycles. The van der Waals surface area contributed by atoms with E-state index >= 15 is 0 Å². The second-order valence-corrected chi connectivity index (χ2v) is 6.28. The van der Waals surface area contributed by atoms with Crippen LogP contribution in [0.1, 0.15) is 58.3 Å². The van der Waals surface area contributed by atoms with Crippen LogP contribution in [0.25, 0.3) is 0 Å². The molecule has 0 radical (unpaired) electrons. The van der Waals surface area contributed by atoms with E-state index in [-0.39, 0.29) is 5.54 Å². The van der Waals surface area contributed by atoms with E-state index < -0.39 is 0 Å². The van der Waals surface area contributed by atoms with Crippen molar-refractivity contribution in [3.05, 3.63) is 0 Å². The minimum atomic E-state index is 0.203. The summed E-state index contributed by atoms with van der Waals surface area (Å²) in [5, 5.41) is 3.72. The van der Waals surface area contributed by atoms with E-state index in [2.05, 4.69) is 12.2 Å². The molecule has 1 atom stereocenters. The van der Waals surface area contributed by atoms with Gasteiger partial charge in [-0.1, -0.05) is 38.5 Å². The first-order valence-electron chi connectivity index (χ1n) is 7.17. The maximum absolute atomic E-state index is 5.93. The Hall–Kier alpha value is -0.0800. The van der Waals surface area contributed by atoms with Crippen LogP contribution < -0.4 is 11.1 Å². The van der Waals surface area contributed by atoms with E-state index in [0.29, 0.717) is 0 Å². The van der Waals surface area contributed by atoms with Gasteiger partial charge in [0.15, 0.2) is 0 Å². The zero-order chi connectivity index (χ0) is 11.4. The molecule has 2 fully saturated rings. The van der Waals surface area contributed by atoms with Gasteiger partial charge in [-0.25, -0.2) is 0 Å². The normalized spacial score (nSPS) is 25.9. The highest BCUT2D eigenvalue weighted by atomic mass is 15.0. The Morgan fingerprint density at radius 3 is 2.19 bits per heavy atom. The zero-order valence-electron chi connectivity index (χ0n) is 10.8. The van der Waals surface area contributed by atoms with Crippen LogP contribution in [0.15, 0.2) is 0 Å². The van der Waals surface area contributed by atoms with Gasteiger partial charge >= 0.3 is 0 Å². The molecule has 2 aliphatic carbocycles. The number of hydrogen-bond acceptors (Lipinski definition) is 2. The standard InChI is InChI=1S/C14H28N2/c1-14(11-15,10-13-6-3-7-13)16-9-8-12-4-2-5-12/h12-13,16H,2-11,15H2,1H3. The third-order valence-electron chi connectivity index (χ3n) is 4.74. The van der Waals surface area contributed by atoms with Crippen molar-refractivity contribution in [3.8, 4) is 0 Å². The molecular formula is C14H28N2. The molecular weight excluding hydrogens is 196 g/mol. The lowest BCUT2D eigenvalue weighted by Crippen LogP contribution is -2.51. The van der Waals surface area contributed by atoms with Gasteiger partial charge in [0.2, 0.25) is 0 Å². The first-order chi connectivity index (χ1) is 7.72. The molecule has 0 amide bonds. The molecule has 0 spiro atoms. The van der Waals surface area contributed by atoms with Gasteiger partial charge < -0.3 is 11.1 Å². The molecule has 2 rings (SSSR count). The van der Waals surface area contributed by atoms with Gasteiger partial charge in [-0.3, -0.25) is 0 Å². The van der Waals surface area contributed by atoms with E-state index in [4.69, 9.17) is 5.73 Å². The highest BCUT2D eigenvalue weighted by Crippen LogP contribution is 2.34. The van der Waals surface area contributed by atoms with Crippen LogP contribution in [-0.2, 0) is 0 Å². The van der Waals surface area contributed by atoms with Crippen molar-refractivity contribution < 1.29 is 0 Å². The fraction of sp³-hybridized carbons (Fsp3) is 1.00. The summed E-state index contributed by atoms with van der Waals surface area (Å²) in [6.07, 6.45) is 11.3. The van der Waals surface area contributed by atoms with Gasteiger partial charge in [-0.2, -0.15) is 0 Å². The Morgan fingerprint density at radius 1 is 1.12 bits per heavy atom. The average Bonchev–Trinajstić information content (AvgIpc) is 2.16. The van der Waals surface area contributed by atoms with Crippen molar-refractivity contribution in [1.82, 2.24) is 5.32 Å². The molecule has 0 saturated heterocycles. The highest BCUT2D eigenvalue weighted by Gasteiger charge is 2.29. The third-order valence-corrected chi connectivity index (χ3v) is 4.74. The third kappa shape index (κ3) is 3.21. The molecule has 0 aromatic rings. The summed E-state index contributed by atoms with van der Waals surface area (Å²) in [4.78, 5) is 0. The Bertz CT molecular complexity index is 209. The minimum absolute atomic E-state index is 0.203. The lowest BCUT2D eigenvalue weighted by Gasteiger charge is -2.38. The smallest absolute Gasteiger partial charge is 0.0278 e. The van der Waals surface area contributed by atoms with Gasteiger partial charge in [0.05, 0.1) is 0 Å². The van der Waals surface area contributed by atoms with E-state index in [1.807, 2.05) is 0 Å². The maximum atomic E-state index is 5.93. The van der Waals surface area contributed by atoms with Crippen molar-refractivity contribution in [3.63, 3.8) is 0 Å². The summed E-state index contributed by atoms with van der Waals surface area (Å²) < 4.78 is 0.